The van der Waals surface area contributed by atoms with Crippen LogP contribution in [0.4, 0.5) is 0 Å². The van der Waals surface area contributed by atoms with E-state index in [1.165, 1.54) is 6.07 Å². The van der Waals surface area contributed by atoms with Gasteiger partial charge >= 0.3 is 0 Å². The molecule has 0 aliphatic carbocycles. The van der Waals surface area contributed by atoms with Crippen molar-refractivity contribution < 1.29 is 4.21 Å². The van der Waals surface area contributed by atoms with Gasteiger partial charge < -0.3 is 0 Å². The van der Waals surface area contributed by atoms with Crippen molar-refractivity contribution in [2.24, 2.45) is 0 Å². The first-order chi connectivity index (χ1) is 9.69. The predicted octanol–water partition coefficient (Wildman–Crippen LogP) is 1.68. The lowest BCUT2D eigenvalue weighted by Gasteiger charge is -1.99. The molecule has 1 atom stereocenters. The van der Waals surface area contributed by atoms with Gasteiger partial charge in [-0.05, 0) is 29.8 Å². The molecule has 0 saturated carbocycles. The molecular formula is C15H12N2O2S. The van der Waals surface area contributed by atoms with Crippen LogP contribution in [0.3, 0.4) is 0 Å². The van der Waals surface area contributed by atoms with Gasteiger partial charge in [0.1, 0.15) is 0 Å². The summed E-state index contributed by atoms with van der Waals surface area (Å²) in [6.07, 6.45) is 8.77. The van der Waals surface area contributed by atoms with Gasteiger partial charge in [0.15, 0.2) is 0 Å². The van der Waals surface area contributed by atoms with Gasteiger partial charge in [-0.25, -0.2) is 5.10 Å². The molecule has 0 aliphatic rings. The second-order valence-electron chi connectivity index (χ2n) is 3.94. The maximum atomic E-state index is 11.7. The molecule has 20 heavy (non-hydrogen) atoms. The van der Waals surface area contributed by atoms with Crippen LogP contribution >= 0.6 is 0 Å². The lowest BCUT2D eigenvalue weighted by molar-refractivity contribution is 0.685. The summed E-state index contributed by atoms with van der Waals surface area (Å²) in [4.78, 5) is 11.6. The highest BCUT2D eigenvalue weighted by Gasteiger charge is 2.00. The highest BCUT2D eigenvalue weighted by atomic mass is 32.2. The van der Waals surface area contributed by atoms with Crippen LogP contribution in [-0.4, -0.2) is 20.2 Å². The molecule has 5 heteroatoms. The Morgan fingerprint density at radius 1 is 1.20 bits per heavy atom. The summed E-state index contributed by atoms with van der Waals surface area (Å²) in [5.41, 5.74) is 1.37. The van der Waals surface area contributed by atoms with E-state index in [1.807, 2.05) is 18.2 Å². The van der Waals surface area contributed by atoms with Gasteiger partial charge in [0.2, 0.25) is 0 Å². The van der Waals surface area contributed by atoms with Gasteiger partial charge in [-0.2, -0.15) is 5.10 Å². The second-order valence-corrected chi connectivity index (χ2v) is 5.39. The molecule has 0 spiro atoms. The maximum Gasteiger partial charge on any atom is 0.264 e. The van der Waals surface area contributed by atoms with Crippen LogP contribution in [0.15, 0.2) is 46.1 Å². The Hall–Kier alpha value is -2.45. The molecule has 0 bridgehead atoms. The molecular weight excluding hydrogens is 272 g/mol. The van der Waals surface area contributed by atoms with Crippen molar-refractivity contribution in [1.82, 2.24) is 10.2 Å². The summed E-state index contributed by atoms with van der Waals surface area (Å²) in [6.45, 7) is 0. The highest BCUT2D eigenvalue weighted by Crippen LogP contribution is 2.11. The Balaban J connectivity index is 2.11. The number of aromatic amines is 1. The van der Waals surface area contributed by atoms with Crippen LogP contribution in [0.1, 0.15) is 11.3 Å². The molecule has 0 fully saturated rings. The zero-order chi connectivity index (χ0) is 14.4. The quantitative estimate of drug-likeness (QED) is 0.869. The van der Waals surface area contributed by atoms with E-state index < -0.39 is 10.8 Å². The molecule has 0 aliphatic heterocycles. The number of rotatable bonds is 4. The number of nitrogens with one attached hydrogen (secondary N) is 1. The fraction of sp³-hybridized carbons (Fsp3) is 0.0667. The zero-order valence-corrected chi connectivity index (χ0v) is 11.4. The van der Waals surface area contributed by atoms with E-state index in [0.29, 0.717) is 10.6 Å². The number of nitrogens with zero attached hydrogens (tertiary/aromatic N) is 1. The average molecular weight is 284 g/mol. The van der Waals surface area contributed by atoms with Crippen LogP contribution in [-0.2, 0) is 10.8 Å². The number of terminal acetylenes is 1. The van der Waals surface area contributed by atoms with E-state index in [-0.39, 0.29) is 11.3 Å². The summed E-state index contributed by atoms with van der Waals surface area (Å²) in [6, 6.07) is 10.3. The minimum absolute atomic E-state index is 0.219. The third kappa shape index (κ3) is 3.77. The fourth-order valence-electron chi connectivity index (χ4n) is 1.52. The first-order valence-corrected chi connectivity index (χ1v) is 7.16. The largest absolute Gasteiger partial charge is 0.268 e. The molecule has 0 radical (unpaired) electrons. The minimum atomic E-state index is -1.15. The van der Waals surface area contributed by atoms with E-state index in [9.17, 15) is 9.00 Å². The molecule has 1 N–H and O–H groups in total. The van der Waals surface area contributed by atoms with Gasteiger partial charge in [0.05, 0.1) is 22.2 Å². The summed E-state index contributed by atoms with van der Waals surface area (Å²) < 4.78 is 11.7. The number of benzene rings is 1. The number of hydrogen-bond donors (Lipinski definition) is 1. The van der Waals surface area contributed by atoms with E-state index >= 15 is 0 Å². The Bertz CT molecular complexity index is 719. The Morgan fingerprint density at radius 2 is 1.95 bits per heavy atom. The molecule has 1 heterocycles. The lowest BCUT2D eigenvalue weighted by Crippen LogP contribution is -2.05. The molecule has 0 saturated heterocycles. The fourth-order valence-corrected chi connectivity index (χ4v) is 2.28. The van der Waals surface area contributed by atoms with Crippen molar-refractivity contribution in [3.63, 3.8) is 0 Å². The molecule has 1 aromatic carbocycles. The molecule has 1 aromatic heterocycles. The lowest BCUT2D eigenvalue weighted by atomic mass is 10.2. The monoisotopic (exact) mass is 284 g/mol. The van der Waals surface area contributed by atoms with Crippen LogP contribution in [0, 0.1) is 12.3 Å². The molecule has 2 rings (SSSR count). The maximum absolute atomic E-state index is 11.7. The van der Waals surface area contributed by atoms with Gasteiger partial charge in [0, 0.05) is 11.0 Å². The summed E-state index contributed by atoms with van der Waals surface area (Å²) in [5, 5.41) is 6.23. The van der Waals surface area contributed by atoms with Crippen molar-refractivity contribution >= 4 is 23.0 Å². The Labute approximate surface area is 119 Å². The predicted molar refractivity (Wildman–Crippen MR) is 80.3 cm³/mol. The zero-order valence-electron chi connectivity index (χ0n) is 10.6. The highest BCUT2D eigenvalue weighted by molar-refractivity contribution is 7.85. The SMILES string of the molecule is C#CCS(=O)c1ccc(/C=C/c2ccc(=O)[nH]n2)cc1. The Kier molecular flexibility index (Phi) is 4.64. The van der Waals surface area contributed by atoms with E-state index in [4.69, 9.17) is 6.42 Å². The van der Waals surface area contributed by atoms with Crippen molar-refractivity contribution in [1.29, 1.82) is 0 Å². The van der Waals surface area contributed by atoms with E-state index in [2.05, 4.69) is 16.1 Å². The third-order valence-corrected chi connectivity index (χ3v) is 3.73. The van der Waals surface area contributed by atoms with Crippen LogP contribution in [0.25, 0.3) is 12.2 Å². The standard InChI is InChI=1S/C15H12N2O2S/c1-2-11-20(19)14-8-4-12(5-9-14)3-6-13-7-10-15(18)17-16-13/h1,3-10H,11H2,(H,17,18)/b6-3+. The Morgan fingerprint density at radius 3 is 2.55 bits per heavy atom. The topological polar surface area (TPSA) is 62.8 Å². The van der Waals surface area contributed by atoms with Crippen LogP contribution in [0.5, 0.6) is 0 Å². The molecule has 2 aromatic rings. The average Bonchev–Trinajstić information content (AvgIpc) is 2.47. The molecule has 1 unspecified atom stereocenters. The van der Waals surface area contributed by atoms with Crippen LogP contribution < -0.4 is 5.56 Å². The summed E-state index contributed by atoms with van der Waals surface area (Å²) >= 11 is 0. The smallest absolute Gasteiger partial charge is 0.264 e. The molecule has 100 valence electrons. The third-order valence-electron chi connectivity index (χ3n) is 2.50. The number of hydrogen-bond acceptors (Lipinski definition) is 3. The molecule has 0 amide bonds. The van der Waals surface area contributed by atoms with Gasteiger partial charge in [-0.1, -0.05) is 24.1 Å². The van der Waals surface area contributed by atoms with E-state index in [1.54, 1.807) is 24.3 Å². The summed E-state index contributed by atoms with van der Waals surface area (Å²) in [7, 11) is -1.15. The number of H-pyrrole nitrogens is 1. The second kappa shape index (κ2) is 6.64. The van der Waals surface area contributed by atoms with E-state index in [0.717, 1.165) is 5.56 Å². The normalized spacial score (nSPS) is 12.2. The minimum Gasteiger partial charge on any atom is -0.268 e. The van der Waals surface area contributed by atoms with Crippen LogP contribution in [0.2, 0.25) is 0 Å². The van der Waals surface area contributed by atoms with Crippen molar-refractivity contribution in [2.45, 2.75) is 4.90 Å². The number of aromatic nitrogens is 2. The van der Waals surface area contributed by atoms with Crippen molar-refractivity contribution in [3.05, 3.63) is 58.0 Å². The summed E-state index contributed by atoms with van der Waals surface area (Å²) in [5.74, 6) is 2.60. The molecule has 4 nitrogen and oxygen atoms in total. The van der Waals surface area contributed by atoms with Gasteiger partial charge in [0.25, 0.3) is 5.56 Å². The van der Waals surface area contributed by atoms with Crippen molar-refractivity contribution in [3.8, 4) is 12.3 Å². The van der Waals surface area contributed by atoms with Gasteiger partial charge in [-0.3, -0.25) is 9.00 Å². The first-order valence-electron chi connectivity index (χ1n) is 5.85. The first kappa shape index (κ1) is 14.0. The van der Waals surface area contributed by atoms with Gasteiger partial charge in [-0.15, -0.1) is 6.42 Å². The van der Waals surface area contributed by atoms with Crippen molar-refractivity contribution in [2.75, 3.05) is 5.75 Å².